The second-order valence-electron chi connectivity index (χ2n) is 8.49. The van der Waals surface area contributed by atoms with Crippen LogP contribution in [0, 0.1) is 5.92 Å². The number of halogens is 2. The van der Waals surface area contributed by atoms with E-state index in [1.54, 1.807) is 38.0 Å². The maximum atomic E-state index is 12.5. The third-order valence-corrected chi connectivity index (χ3v) is 10.1. The lowest BCUT2D eigenvalue weighted by atomic mass is 9.98. The van der Waals surface area contributed by atoms with Crippen LogP contribution in [0.25, 0.3) is 11.1 Å². The van der Waals surface area contributed by atoms with Crippen LogP contribution in [-0.2, 0) is 11.3 Å². The SMILES string of the molecule is COc1ccc(-c2cnc(SCC(=O)NCC3CCCN(Cc4cc(Br)c(Br)s4)C3)nc2)cc1OC. The average Bonchev–Trinajstić information content (AvgIpc) is 3.22. The van der Waals surface area contributed by atoms with Crippen molar-refractivity contribution in [2.45, 2.75) is 24.5 Å². The van der Waals surface area contributed by atoms with Crippen LogP contribution in [0.4, 0.5) is 0 Å². The predicted octanol–water partition coefficient (Wildman–Crippen LogP) is 5.87. The highest BCUT2D eigenvalue weighted by molar-refractivity contribution is 9.13. The van der Waals surface area contributed by atoms with Crippen LogP contribution >= 0.6 is 55.0 Å². The zero-order chi connectivity index (χ0) is 25.5. The number of benzene rings is 1. The number of nitrogens with zero attached hydrogens (tertiary/aromatic N) is 3. The van der Waals surface area contributed by atoms with Gasteiger partial charge in [0.1, 0.15) is 0 Å². The van der Waals surface area contributed by atoms with Crippen molar-refractivity contribution in [1.82, 2.24) is 20.2 Å². The van der Waals surface area contributed by atoms with Gasteiger partial charge in [-0.25, -0.2) is 9.97 Å². The van der Waals surface area contributed by atoms with Crippen molar-refractivity contribution >= 4 is 60.9 Å². The standard InChI is InChI=1S/C25H28Br2N4O3S2/c1-33-21-6-5-17(8-22(21)34-2)18-11-29-25(30-12-18)35-15-23(32)28-10-16-4-3-7-31(13-16)14-19-9-20(26)24(27)36-19/h5-6,8-9,11-12,16H,3-4,7,10,13-15H2,1-2H3,(H,28,32). The van der Waals surface area contributed by atoms with Gasteiger partial charge in [0.2, 0.25) is 5.91 Å². The number of thiophene rings is 1. The minimum Gasteiger partial charge on any atom is -0.493 e. The van der Waals surface area contributed by atoms with Gasteiger partial charge < -0.3 is 14.8 Å². The van der Waals surface area contributed by atoms with Gasteiger partial charge in [-0.05, 0) is 80.9 Å². The summed E-state index contributed by atoms with van der Waals surface area (Å²) in [4.78, 5) is 25.1. The molecule has 4 rings (SSSR count). The molecule has 1 aliphatic rings. The van der Waals surface area contributed by atoms with Crippen LogP contribution in [0.5, 0.6) is 11.5 Å². The van der Waals surface area contributed by atoms with E-state index in [1.165, 1.54) is 16.6 Å². The van der Waals surface area contributed by atoms with Gasteiger partial charge in [-0.2, -0.15) is 0 Å². The van der Waals surface area contributed by atoms with Crippen molar-refractivity contribution in [1.29, 1.82) is 0 Å². The first-order chi connectivity index (χ1) is 17.4. The molecule has 1 N–H and O–H groups in total. The van der Waals surface area contributed by atoms with E-state index in [9.17, 15) is 4.79 Å². The highest BCUT2D eigenvalue weighted by Crippen LogP contribution is 2.34. The number of hydrogen-bond donors (Lipinski definition) is 1. The molecule has 192 valence electrons. The topological polar surface area (TPSA) is 76.6 Å². The van der Waals surface area contributed by atoms with Crippen molar-refractivity contribution < 1.29 is 14.3 Å². The van der Waals surface area contributed by atoms with Crippen LogP contribution in [-0.4, -0.2) is 60.4 Å². The normalized spacial score (nSPS) is 16.1. The Kier molecular flexibility index (Phi) is 10.1. The smallest absolute Gasteiger partial charge is 0.230 e. The van der Waals surface area contributed by atoms with E-state index < -0.39 is 0 Å². The number of carbonyl (C=O) groups excluding carboxylic acids is 1. The molecule has 11 heteroatoms. The summed E-state index contributed by atoms with van der Waals surface area (Å²) in [5, 5.41) is 3.68. The summed E-state index contributed by atoms with van der Waals surface area (Å²) in [6, 6.07) is 7.86. The van der Waals surface area contributed by atoms with Crippen LogP contribution in [0.15, 0.2) is 50.1 Å². The number of thioether (sulfide) groups is 1. The highest BCUT2D eigenvalue weighted by Gasteiger charge is 2.21. The number of aromatic nitrogens is 2. The number of piperidine rings is 1. The molecule has 36 heavy (non-hydrogen) atoms. The van der Waals surface area contributed by atoms with Gasteiger partial charge in [0.15, 0.2) is 16.7 Å². The molecule has 7 nitrogen and oxygen atoms in total. The van der Waals surface area contributed by atoms with E-state index in [2.05, 4.69) is 58.1 Å². The molecule has 2 aromatic heterocycles. The first kappa shape index (κ1) is 27.4. The third-order valence-electron chi connectivity index (χ3n) is 5.94. The number of ether oxygens (including phenoxy) is 2. The molecule has 0 aliphatic carbocycles. The molecule has 1 saturated heterocycles. The summed E-state index contributed by atoms with van der Waals surface area (Å²) in [5.74, 6) is 2.10. The lowest BCUT2D eigenvalue weighted by Gasteiger charge is -2.32. The summed E-state index contributed by atoms with van der Waals surface area (Å²) in [6.07, 6.45) is 5.82. The quantitative estimate of drug-likeness (QED) is 0.216. The molecule has 1 amide bonds. The highest BCUT2D eigenvalue weighted by atomic mass is 79.9. The fourth-order valence-corrected chi connectivity index (χ4v) is 6.98. The van der Waals surface area contributed by atoms with Gasteiger partial charge in [0, 0.05) is 46.9 Å². The van der Waals surface area contributed by atoms with Crippen LogP contribution in [0.2, 0.25) is 0 Å². The molecule has 3 aromatic rings. The van der Waals surface area contributed by atoms with Gasteiger partial charge in [0.25, 0.3) is 0 Å². The molecular weight excluding hydrogens is 628 g/mol. The van der Waals surface area contributed by atoms with Crippen molar-refractivity contribution in [3.63, 3.8) is 0 Å². The summed E-state index contributed by atoms with van der Waals surface area (Å²) >= 11 is 10.3. The van der Waals surface area contributed by atoms with Gasteiger partial charge in [-0.15, -0.1) is 11.3 Å². The van der Waals surface area contributed by atoms with Gasteiger partial charge >= 0.3 is 0 Å². The molecular formula is C25H28Br2N4O3S2. The fraction of sp³-hybridized carbons (Fsp3) is 0.400. The van der Waals surface area contributed by atoms with E-state index in [-0.39, 0.29) is 5.91 Å². The first-order valence-electron chi connectivity index (χ1n) is 11.5. The molecule has 1 unspecified atom stereocenters. The molecule has 1 aliphatic heterocycles. The average molecular weight is 656 g/mol. The summed E-state index contributed by atoms with van der Waals surface area (Å²) in [6.45, 7) is 3.75. The van der Waals surface area contributed by atoms with Crippen LogP contribution in [0.1, 0.15) is 17.7 Å². The Bertz CT molecular complexity index is 1160. The minimum atomic E-state index is 0.0100. The largest absolute Gasteiger partial charge is 0.493 e. The Morgan fingerprint density at radius 2 is 1.94 bits per heavy atom. The Hall–Kier alpha value is -1.66. The lowest BCUT2D eigenvalue weighted by Crippen LogP contribution is -2.40. The molecule has 1 aromatic carbocycles. The second-order valence-corrected chi connectivity index (χ2v) is 12.7. The van der Waals surface area contributed by atoms with E-state index >= 15 is 0 Å². The van der Waals surface area contributed by atoms with Crippen molar-refractivity contribution in [3.8, 4) is 22.6 Å². The molecule has 0 bridgehead atoms. The number of amides is 1. The zero-order valence-corrected chi connectivity index (χ0v) is 24.9. The van der Waals surface area contributed by atoms with Crippen molar-refractivity contribution in [2.24, 2.45) is 5.92 Å². The molecule has 0 spiro atoms. The molecule has 3 heterocycles. The zero-order valence-electron chi connectivity index (χ0n) is 20.1. The van der Waals surface area contributed by atoms with E-state index in [0.29, 0.717) is 34.9 Å². The predicted molar refractivity (Wildman–Crippen MR) is 152 cm³/mol. The number of methoxy groups -OCH3 is 2. The summed E-state index contributed by atoms with van der Waals surface area (Å²) < 4.78 is 12.9. The molecule has 1 fully saturated rings. The lowest BCUT2D eigenvalue weighted by molar-refractivity contribution is -0.118. The summed E-state index contributed by atoms with van der Waals surface area (Å²) in [5.41, 5.74) is 1.80. The maximum Gasteiger partial charge on any atom is 0.230 e. The van der Waals surface area contributed by atoms with Gasteiger partial charge in [0.05, 0.1) is 23.8 Å². The van der Waals surface area contributed by atoms with Gasteiger partial charge in [-0.1, -0.05) is 17.8 Å². The van der Waals surface area contributed by atoms with E-state index in [1.807, 2.05) is 18.2 Å². The van der Waals surface area contributed by atoms with Crippen LogP contribution < -0.4 is 14.8 Å². The summed E-state index contributed by atoms with van der Waals surface area (Å²) in [7, 11) is 3.22. The Morgan fingerprint density at radius 3 is 2.64 bits per heavy atom. The van der Waals surface area contributed by atoms with E-state index in [4.69, 9.17) is 9.47 Å². The number of likely N-dealkylation sites (tertiary alicyclic amines) is 1. The van der Waals surface area contributed by atoms with Crippen molar-refractivity contribution in [3.05, 3.63) is 49.8 Å². The minimum absolute atomic E-state index is 0.0100. The van der Waals surface area contributed by atoms with Crippen LogP contribution in [0.3, 0.4) is 0 Å². The van der Waals surface area contributed by atoms with Crippen molar-refractivity contribution in [2.75, 3.05) is 39.6 Å². The number of rotatable bonds is 10. The van der Waals surface area contributed by atoms with Gasteiger partial charge in [-0.3, -0.25) is 9.69 Å². The molecule has 0 radical (unpaired) electrons. The number of nitrogens with one attached hydrogen (secondary N) is 1. The third kappa shape index (κ3) is 7.44. The number of carbonyl (C=O) groups is 1. The Morgan fingerprint density at radius 1 is 1.17 bits per heavy atom. The van der Waals surface area contributed by atoms with E-state index in [0.717, 1.165) is 51.9 Å². The second kappa shape index (κ2) is 13.2. The first-order valence-corrected chi connectivity index (χ1v) is 14.9. The fourth-order valence-electron chi connectivity index (χ4n) is 4.15. The number of hydrogen-bond acceptors (Lipinski definition) is 8. The molecule has 0 saturated carbocycles. The Balaban J connectivity index is 1.22. The molecule has 1 atom stereocenters. The maximum absolute atomic E-state index is 12.5. The monoisotopic (exact) mass is 654 g/mol. The Labute approximate surface area is 236 Å².